The van der Waals surface area contributed by atoms with Crippen molar-refractivity contribution in [1.29, 1.82) is 0 Å². The van der Waals surface area contributed by atoms with Crippen LogP contribution in [0.25, 0.3) is 0 Å². The van der Waals surface area contributed by atoms with Crippen LogP contribution in [0.15, 0.2) is 12.4 Å². The zero-order chi connectivity index (χ0) is 18.7. The van der Waals surface area contributed by atoms with Gasteiger partial charge in [-0.05, 0) is 0 Å². The van der Waals surface area contributed by atoms with Crippen molar-refractivity contribution in [3.63, 3.8) is 0 Å². The Morgan fingerprint density at radius 1 is 0.773 bits per heavy atom. The Bertz CT molecular complexity index is 249. The molecular weight excluding hydrogens is 329 g/mol. The summed E-state index contributed by atoms with van der Waals surface area (Å²) in [7, 11) is -10.7. The third-order valence-electron chi connectivity index (χ3n) is 0.433. The van der Waals surface area contributed by atoms with Gasteiger partial charge >= 0.3 is 29.6 Å². The molecule has 0 saturated heterocycles. The summed E-state index contributed by atoms with van der Waals surface area (Å²) in [6, 6.07) is 0. The largest absolute Gasteiger partial charge is 0.691 e. The summed E-state index contributed by atoms with van der Waals surface area (Å²) < 4.78 is 40.4. The van der Waals surface area contributed by atoms with Crippen LogP contribution in [0.2, 0.25) is 0 Å². The van der Waals surface area contributed by atoms with Gasteiger partial charge in [-0.2, -0.15) is 5.10 Å². The molecule has 20 heteroatoms. The molecule has 22 heavy (non-hydrogen) atoms. The highest BCUT2D eigenvalue weighted by molar-refractivity contribution is 6.32. The fourth-order valence-electron chi connectivity index (χ4n) is 0.221. The predicted molar refractivity (Wildman–Crippen MR) is 62.7 cm³/mol. The van der Waals surface area contributed by atoms with Crippen LogP contribution >= 0.6 is 0 Å². The summed E-state index contributed by atoms with van der Waals surface area (Å²) in [4.78, 5) is 0.444. The third-order valence-corrected chi connectivity index (χ3v) is 0.433. The van der Waals surface area contributed by atoms with Gasteiger partial charge in [-0.25, -0.2) is 0 Å². The highest BCUT2D eigenvalue weighted by atomic mass is 19.1. The number of nitrogens with zero attached hydrogens (tertiary/aromatic N) is 2. The molecule has 1 aromatic rings. The molecule has 0 bridgehead atoms. The topological polar surface area (TPSA) is 217 Å². The average molecular weight is 340 g/mol. The van der Waals surface area contributed by atoms with Gasteiger partial charge in [0.05, 0.1) is 5.21 Å². The molecule has 128 valence electrons. The number of aromatic nitrogens is 3. The van der Waals surface area contributed by atoms with E-state index in [0.717, 1.165) is 0 Å². The van der Waals surface area contributed by atoms with Crippen LogP contribution < -0.4 is 4.85 Å². The van der Waals surface area contributed by atoms with Crippen molar-refractivity contribution in [3.05, 3.63) is 17.6 Å². The van der Waals surface area contributed by atoms with Crippen LogP contribution in [-0.4, -0.2) is 80.1 Å². The third kappa shape index (κ3) is 184. The number of hydrogen-bond donors (Lipinski definition) is 9. The van der Waals surface area contributed by atoms with Gasteiger partial charge < -0.3 is 45.4 Å². The Kier molecular flexibility index (Phi) is 28.6. The number of H-pyrrole nitrogens is 1. The van der Waals surface area contributed by atoms with E-state index in [1.165, 1.54) is 12.4 Å². The SMILES string of the molecule is OB(O)F.OB(O)F.OB(O)F.OB(O)F.[O-][n+]1cc[nH]n1. The minimum atomic E-state index is -2.67. The van der Waals surface area contributed by atoms with Gasteiger partial charge in [0.2, 0.25) is 0 Å². The van der Waals surface area contributed by atoms with Crippen LogP contribution in [0.4, 0.5) is 17.3 Å². The second-order valence-electron chi connectivity index (χ2n) is 2.09. The minimum Gasteiger partial charge on any atom is -0.691 e. The maximum absolute atomic E-state index is 10.1. The average Bonchev–Trinajstić information content (AvgIpc) is 2.64. The lowest BCUT2D eigenvalue weighted by atomic mass is 10.3. The molecule has 1 aromatic heterocycles. The molecular formula is C2H11B4F4N3O9. The first kappa shape index (κ1) is 28.7. The second kappa shape index (κ2) is 21.9. The molecule has 0 unspecified atom stereocenters. The van der Waals surface area contributed by atoms with E-state index in [2.05, 4.69) is 10.3 Å². The summed E-state index contributed by atoms with van der Waals surface area (Å²) in [5.41, 5.74) is 0. The van der Waals surface area contributed by atoms with Crippen LogP contribution in [-0.2, 0) is 0 Å². The van der Waals surface area contributed by atoms with E-state index >= 15 is 0 Å². The summed E-state index contributed by atoms with van der Waals surface area (Å²) in [5, 5.41) is 70.9. The van der Waals surface area contributed by atoms with Gasteiger partial charge in [0, 0.05) is 0 Å². The molecule has 0 amide bonds. The Hall–Kier alpha value is -1.40. The van der Waals surface area contributed by atoms with Crippen molar-refractivity contribution in [3.8, 4) is 0 Å². The number of rotatable bonds is 0. The molecule has 0 saturated carbocycles. The maximum Gasteiger partial charge on any atom is 0.674 e. The maximum atomic E-state index is 10.1. The second-order valence-corrected chi connectivity index (χ2v) is 2.09. The number of halogens is 4. The quantitative estimate of drug-likeness (QED) is 0.0945. The van der Waals surface area contributed by atoms with E-state index < -0.39 is 29.6 Å². The fourth-order valence-corrected chi connectivity index (χ4v) is 0.221. The molecule has 1 heterocycles. The van der Waals surface area contributed by atoms with Crippen molar-refractivity contribution in [2.75, 3.05) is 0 Å². The lowest BCUT2D eigenvalue weighted by molar-refractivity contribution is -0.668. The van der Waals surface area contributed by atoms with E-state index in [4.69, 9.17) is 40.2 Å². The molecule has 0 fully saturated rings. The summed E-state index contributed by atoms with van der Waals surface area (Å²) >= 11 is 0. The van der Waals surface area contributed by atoms with Crippen molar-refractivity contribution >= 4 is 29.6 Å². The van der Waals surface area contributed by atoms with E-state index in [9.17, 15) is 22.5 Å². The normalized spacial score (nSPS) is 7.27. The molecule has 0 spiro atoms. The zero-order valence-corrected chi connectivity index (χ0v) is 10.4. The highest BCUT2D eigenvalue weighted by Gasteiger charge is 1.98. The molecule has 12 nitrogen and oxygen atoms in total. The minimum absolute atomic E-state index is 0.444. The van der Waals surface area contributed by atoms with Gasteiger partial charge in [0.1, 0.15) is 0 Å². The molecule has 1 rings (SSSR count). The smallest absolute Gasteiger partial charge is 0.674 e. The van der Waals surface area contributed by atoms with Crippen LogP contribution in [0.5, 0.6) is 0 Å². The Morgan fingerprint density at radius 3 is 1.05 bits per heavy atom. The van der Waals surface area contributed by atoms with Gasteiger partial charge in [0.15, 0.2) is 12.4 Å². The summed E-state index contributed by atoms with van der Waals surface area (Å²) in [6.45, 7) is 0. The lowest BCUT2D eigenvalue weighted by Gasteiger charge is -1.82. The van der Waals surface area contributed by atoms with Gasteiger partial charge in [0.25, 0.3) is 0 Å². The van der Waals surface area contributed by atoms with E-state index in [1.807, 2.05) is 0 Å². The highest BCUT2D eigenvalue weighted by Crippen LogP contribution is 1.58. The predicted octanol–water partition coefficient (Wildman–Crippen LogP) is -5.26. The van der Waals surface area contributed by atoms with E-state index in [0.29, 0.717) is 4.85 Å². The van der Waals surface area contributed by atoms with Crippen molar-refractivity contribution in [2.45, 2.75) is 0 Å². The molecule has 0 aliphatic carbocycles. The van der Waals surface area contributed by atoms with Gasteiger partial charge in [-0.15, -0.1) is 4.85 Å². The molecule has 0 atom stereocenters. The van der Waals surface area contributed by atoms with Crippen LogP contribution in [0.1, 0.15) is 0 Å². The van der Waals surface area contributed by atoms with Crippen LogP contribution in [0.3, 0.4) is 0 Å². The monoisotopic (exact) mass is 341 g/mol. The van der Waals surface area contributed by atoms with Crippen molar-refractivity contribution < 1.29 is 62.3 Å². The van der Waals surface area contributed by atoms with E-state index in [-0.39, 0.29) is 0 Å². The standard InChI is InChI=1S/C2H3N3O.4BFH2O2/c6-5-2-1-3-4-5;4*2-1(3)4/h1-3H;4*3-4H. The Morgan fingerprint density at radius 2 is 1.00 bits per heavy atom. The van der Waals surface area contributed by atoms with Crippen LogP contribution in [0, 0.1) is 5.21 Å². The first-order chi connectivity index (χ1) is 9.82. The summed E-state index contributed by atoms with van der Waals surface area (Å²) in [6.07, 6.45) is 2.73. The molecule has 0 aliphatic heterocycles. The first-order valence-corrected chi connectivity index (χ1v) is 4.42. The lowest BCUT2D eigenvalue weighted by Crippen LogP contribution is -2.26. The van der Waals surface area contributed by atoms with Gasteiger partial charge in [-0.3, -0.25) is 17.3 Å². The Labute approximate surface area is 121 Å². The van der Waals surface area contributed by atoms with Crippen molar-refractivity contribution in [2.24, 2.45) is 0 Å². The molecule has 9 N–H and O–H groups in total. The van der Waals surface area contributed by atoms with E-state index in [1.54, 1.807) is 0 Å². The Balaban J connectivity index is -0.0000000937. The molecule has 0 aromatic carbocycles. The fraction of sp³-hybridized carbons (Fsp3) is 0. The number of aromatic amines is 1. The number of nitrogens with one attached hydrogen (secondary N) is 1. The summed E-state index contributed by atoms with van der Waals surface area (Å²) in [5.74, 6) is 0. The number of hydrogen-bond acceptors (Lipinski definition) is 10. The first-order valence-electron chi connectivity index (χ1n) is 4.42. The van der Waals surface area contributed by atoms with Crippen molar-refractivity contribution in [1.82, 2.24) is 10.3 Å². The van der Waals surface area contributed by atoms with Gasteiger partial charge in [-0.1, -0.05) is 0 Å². The molecule has 0 aliphatic rings. The molecule has 0 radical (unpaired) electrons. The zero-order valence-electron chi connectivity index (χ0n) is 10.4.